The van der Waals surface area contributed by atoms with Crippen LogP contribution in [0, 0.1) is 5.82 Å². The summed E-state index contributed by atoms with van der Waals surface area (Å²) in [4.78, 5) is 11.9. The van der Waals surface area contributed by atoms with Crippen LogP contribution in [0.15, 0.2) is 22.7 Å². The molecule has 0 spiro atoms. The Morgan fingerprint density at radius 2 is 2.16 bits per heavy atom. The summed E-state index contributed by atoms with van der Waals surface area (Å²) in [6.45, 7) is 0. The van der Waals surface area contributed by atoms with Gasteiger partial charge in [0.2, 0.25) is 0 Å². The minimum Gasteiger partial charge on any atom is -0.468 e. The van der Waals surface area contributed by atoms with Gasteiger partial charge in [0.05, 0.1) is 7.11 Å². The van der Waals surface area contributed by atoms with Crippen LogP contribution in [0.25, 0.3) is 0 Å². The Kier molecular flexibility index (Phi) is 4.93. The van der Waals surface area contributed by atoms with E-state index in [1.165, 1.54) is 19.2 Å². The number of rotatable bonds is 4. The van der Waals surface area contributed by atoms with Crippen molar-refractivity contribution < 1.29 is 13.9 Å². The van der Waals surface area contributed by atoms with Crippen LogP contribution in [-0.2, 0) is 9.53 Å². The Morgan fingerprint density at radius 1 is 1.47 bits per heavy atom. The van der Waals surface area contributed by atoms with Gasteiger partial charge in [-0.3, -0.25) is 5.32 Å². The van der Waals surface area contributed by atoms with E-state index >= 15 is 0 Å². The molecule has 0 amide bonds. The Hall–Kier alpha value is -0.940. The molecular formula is C14H17BrFNO2. The number of methoxy groups -OCH3 is 1. The summed E-state index contributed by atoms with van der Waals surface area (Å²) < 4.78 is 18.9. The number of halogens is 2. The van der Waals surface area contributed by atoms with Gasteiger partial charge >= 0.3 is 5.97 Å². The second-order valence-corrected chi connectivity index (χ2v) is 5.62. The normalized spacial score (nSPS) is 17.4. The third-order valence-electron chi connectivity index (χ3n) is 3.46. The summed E-state index contributed by atoms with van der Waals surface area (Å²) in [7, 11) is 1.35. The lowest BCUT2D eigenvalue weighted by Crippen LogP contribution is -2.36. The van der Waals surface area contributed by atoms with Crippen LogP contribution in [0.3, 0.4) is 0 Å². The van der Waals surface area contributed by atoms with E-state index in [1.54, 1.807) is 6.07 Å². The van der Waals surface area contributed by atoms with Gasteiger partial charge in [-0.05, 0) is 36.6 Å². The number of carbonyl (C=O) groups is 1. The lowest BCUT2D eigenvalue weighted by atomic mass is 10.1. The van der Waals surface area contributed by atoms with Crippen molar-refractivity contribution in [2.24, 2.45) is 0 Å². The van der Waals surface area contributed by atoms with Gasteiger partial charge in [0.25, 0.3) is 0 Å². The predicted octanol–water partition coefficient (Wildman–Crippen LogP) is 3.33. The quantitative estimate of drug-likeness (QED) is 0.861. The third kappa shape index (κ3) is 3.54. The molecule has 1 unspecified atom stereocenters. The first-order valence-electron chi connectivity index (χ1n) is 6.40. The van der Waals surface area contributed by atoms with Gasteiger partial charge in [0.1, 0.15) is 11.9 Å². The van der Waals surface area contributed by atoms with Gasteiger partial charge in [0.15, 0.2) is 0 Å². The lowest BCUT2D eigenvalue weighted by Gasteiger charge is -2.22. The monoisotopic (exact) mass is 329 g/mol. The van der Waals surface area contributed by atoms with Crippen molar-refractivity contribution in [1.82, 2.24) is 5.32 Å². The first kappa shape index (κ1) is 14.5. The van der Waals surface area contributed by atoms with Crippen LogP contribution in [0.2, 0.25) is 0 Å². The largest absolute Gasteiger partial charge is 0.468 e. The molecule has 19 heavy (non-hydrogen) atoms. The molecule has 1 atom stereocenters. The lowest BCUT2D eigenvalue weighted by molar-refractivity contribution is -0.143. The Morgan fingerprint density at radius 3 is 2.79 bits per heavy atom. The van der Waals surface area contributed by atoms with Gasteiger partial charge in [-0.15, -0.1) is 0 Å². The maximum absolute atomic E-state index is 13.4. The van der Waals surface area contributed by atoms with Gasteiger partial charge in [-0.2, -0.15) is 0 Å². The van der Waals surface area contributed by atoms with Crippen LogP contribution < -0.4 is 5.32 Å². The zero-order valence-electron chi connectivity index (χ0n) is 10.8. The smallest absolute Gasteiger partial charge is 0.327 e. The SMILES string of the molecule is COC(=O)C(NC1CCCC1)c1cc(F)ccc1Br. The molecule has 0 heterocycles. The van der Waals surface area contributed by atoms with Crippen molar-refractivity contribution in [3.63, 3.8) is 0 Å². The summed E-state index contributed by atoms with van der Waals surface area (Å²) >= 11 is 3.36. The van der Waals surface area contributed by atoms with E-state index in [2.05, 4.69) is 21.2 Å². The number of nitrogens with one attached hydrogen (secondary N) is 1. The highest BCUT2D eigenvalue weighted by atomic mass is 79.9. The predicted molar refractivity (Wildman–Crippen MR) is 74.2 cm³/mol. The average molecular weight is 330 g/mol. The molecule has 1 saturated carbocycles. The highest BCUT2D eigenvalue weighted by Crippen LogP contribution is 2.28. The van der Waals surface area contributed by atoms with Crippen molar-refractivity contribution in [3.8, 4) is 0 Å². The molecule has 1 fully saturated rings. The van der Waals surface area contributed by atoms with E-state index in [0.717, 1.165) is 25.7 Å². The van der Waals surface area contributed by atoms with Crippen molar-refractivity contribution in [1.29, 1.82) is 0 Å². The van der Waals surface area contributed by atoms with Gasteiger partial charge < -0.3 is 4.74 Å². The fourth-order valence-corrected chi connectivity index (χ4v) is 2.94. The van der Waals surface area contributed by atoms with E-state index in [0.29, 0.717) is 16.1 Å². The number of carbonyl (C=O) groups excluding carboxylic acids is 1. The number of hydrogen-bond donors (Lipinski definition) is 1. The first-order chi connectivity index (χ1) is 9.11. The fourth-order valence-electron chi connectivity index (χ4n) is 2.47. The number of benzene rings is 1. The summed E-state index contributed by atoms with van der Waals surface area (Å²) in [6, 6.07) is 4.00. The molecule has 1 aromatic carbocycles. The molecule has 1 N–H and O–H groups in total. The maximum Gasteiger partial charge on any atom is 0.327 e. The molecule has 0 radical (unpaired) electrons. The van der Waals surface area contributed by atoms with E-state index < -0.39 is 12.0 Å². The van der Waals surface area contributed by atoms with Crippen molar-refractivity contribution >= 4 is 21.9 Å². The minimum absolute atomic E-state index is 0.291. The summed E-state index contributed by atoms with van der Waals surface area (Å²) in [5.74, 6) is -0.751. The highest BCUT2D eigenvalue weighted by Gasteiger charge is 2.28. The maximum atomic E-state index is 13.4. The van der Waals surface area contributed by atoms with Crippen molar-refractivity contribution in [3.05, 3.63) is 34.1 Å². The molecule has 5 heteroatoms. The topological polar surface area (TPSA) is 38.3 Å². The Labute approximate surface area is 120 Å². The molecule has 104 valence electrons. The molecule has 0 aromatic heterocycles. The van der Waals surface area contributed by atoms with Crippen LogP contribution in [0.1, 0.15) is 37.3 Å². The zero-order valence-corrected chi connectivity index (χ0v) is 12.4. The second-order valence-electron chi connectivity index (χ2n) is 4.77. The van der Waals surface area contributed by atoms with Crippen molar-refractivity contribution in [2.45, 2.75) is 37.8 Å². The molecule has 2 rings (SSSR count). The van der Waals surface area contributed by atoms with E-state index in [9.17, 15) is 9.18 Å². The van der Waals surface area contributed by atoms with Crippen molar-refractivity contribution in [2.75, 3.05) is 7.11 Å². The van der Waals surface area contributed by atoms with E-state index in [4.69, 9.17) is 4.74 Å². The molecule has 0 bridgehead atoms. The van der Waals surface area contributed by atoms with Gasteiger partial charge in [0, 0.05) is 10.5 Å². The molecule has 3 nitrogen and oxygen atoms in total. The Balaban J connectivity index is 2.25. The highest BCUT2D eigenvalue weighted by molar-refractivity contribution is 9.10. The molecular weight excluding hydrogens is 313 g/mol. The van der Waals surface area contributed by atoms with Gasteiger partial charge in [-0.1, -0.05) is 28.8 Å². The standard InChI is InChI=1S/C14H17BrFNO2/c1-19-14(18)13(17-10-4-2-3-5-10)11-8-9(16)6-7-12(11)15/h6-8,10,13,17H,2-5H2,1H3. The number of esters is 1. The first-order valence-corrected chi connectivity index (χ1v) is 7.20. The minimum atomic E-state index is -0.627. The summed E-state index contributed by atoms with van der Waals surface area (Å²) in [5, 5.41) is 3.28. The van der Waals surface area contributed by atoms with Crippen LogP contribution in [0.4, 0.5) is 4.39 Å². The molecule has 0 saturated heterocycles. The summed E-state index contributed by atoms with van der Waals surface area (Å²) in [5.41, 5.74) is 0.582. The number of hydrogen-bond acceptors (Lipinski definition) is 3. The average Bonchev–Trinajstić information content (AvgIpc) is 2.91. The van der Waals surface area contributed by atoms with Gasteiger partial charge in [-0.25, -0.2) is 9.18 Å². The zero-order chi connectivity index (χ0) is 13.8. The van der Waals surface area contributed by atoms with E-state index in [-0.39, 0.29) is 5.82 Å². The third-order valence-corrected chi connectivity index (χ3v) is 4.19. The second kappa shape index (κ2) is 6.48. The fraction of sp³-hybridized carbons (Fsp3) is 0.500. The molecule has 1 aliphatic rings. The van der Waals surface area contributed by atoms with Crippen LogP contribution in [-0.4, -0.2) is 19.1 Å². The van der Waals surface area contributed by atoms with Crippen LogP contribution in [0.5, 0.6) is 0 Å². The molecule has 0 aliphatic heterocycles. The van der Waals surface area contributed by atoms with Crippen LogP contribution >= 0.6 is 15.9 Å². The molecule has 1 aromatic rings. The Bertz CT molecular complexity index is 461. The molecule has 1 aliphatic carbocycles. The van der Waals surface area contributed by atoms with E-state index in [1.807, 2.05) is 0 Å². The summed E-state index contributed by atoms with van der Waals surface area (Å²) in [6.07, 6.45) is 4.41. The number of ether oxygens (including phenoxy) is 1.